The Morgan fingerprint density at radius 2 is 1.76 bits per heavy atom. The van der Waals surface area contributed by atoms with Gasteiger partial charge in [0.2, 0.25) is 0 Å². The van der Waals surface area contributed by atoms with Crippen LogP contribution in [-0.4, -0.2) is 38.8 Å². The van der Waals surface area contributed by atoms with Gasteiger partial charge in [-0.05, 0) is 38.7 Å². The van der Waals surface area contributed by atoms with Crippen molar-refractivity contribution >= 4 is 5.96 Å². The highest BCUT2D eigenvalue weighted by molar-refractivity contribution is 5.79. The molecular formula is C17H29N3O. The maximum atomic E-state index is 5.50. The quantitative estimate of drug-likeness (QED) is 0.418. The van der Waals surface area contributed by atoms with Gasteiger partial charge in [0.1, 0.15) is 0 Å². The molecule has 0 heterocycles. The van der Waals surface area contributed by atoms with Crippen molar-refractivity contribution < 1.29 is 4.74 Å². The molecule has 0 bridgehead atoms. The Morgan fingerprint density at radius 1 is 1.10 bits per heavy atom. The van der Waals surface area contributed by atoms with Crippen LogP contribution in [0.25, 0.3) is 0 Å². The topological polar surface area (TPSA) is 45.7 Å². The van der Waals surface area contributed by atoms with E-state index in [0.29, 0.717) is 6.10 Å². The van der Waals surface area contributed by atoms with Gasteiger partial charge in [0, 0.05) is 26.7 Å². The van der Waals surface area contributed by atoms with Gasteiger partial charge in [-0.25, -0.2) is 0 Å². The van der Waals surface area contributed by atoms with Gasteiger partial charge in [-0.3, -0.25) is 4.99 Å². The number of aryl methyl sites for hydroxylation is 1. The van der Waals surface area contributed by atoms with E-state index in [2.05, 4.69) is 59.8 Å². The summed E-state index contributed by atoms with van der Waals surface area (Å²) in [6.45, 7) is 6.71. The van der Waals surface area contributed by atoms with Gasteiger partial charge in [0.15, 0.2) is 5.96 Å². The number of hydrogen-bond acceptors (Lipinski definition) is 2. The second-order valence-electron chi connectivity index (χ2n) is 5.29. The minimum Gasteiger partial charge on any atom is -0.379 e. The summed E-state index contributed by atoms with van der Waals surface area (Å²) < 4.78 is 5.50. The van der Waals surface area contributed by atoms with Crippen molar-refractivity contribution in [3.05, 3.63) is 35.9 Å². The van der Waals surface area contributed by atoms with E-state index in [9.17, 15) is 0 Å². The van der Waals surface area contributed by atoms with E-state index in [1.165, 1.54) is 5.56 Å². The predicted molar refractivity (Wildman–Crippen MR) is 89.8 cm³/mol. The first-order chi connectivity index (χ1) is 10.2. The van der Waals surface area contributed by atoms with Gasteiger partial charge in [0.05, 0.1) is 6.10 Å². The van der Waals surface area contributed by atoms with Gasteiger partial charge in [-0.1, -0.05) is 30.3 Å². The molecule has 4 heteroatoms. The van der Waals surface area contributed by atoms with E-state index < -0.39 is 0 Å². The molecule has 0 atom stereocenters. The molecule has 0 radical (unpaired) electrons. The molecule has 118 valence electrons. The Kier molecular flexibility index (Phi) is 9.29. The van der Waals surface area contributed by atoms with Crippen LogP contribution >= 0.6 is 0 Å². The molecule has 0 fully saturated rings. The van der Waals surface area contributed by atoms with E-state index in [-0.39, 0.29) is 0 Å². The summed E-state index contributed by atoms with van der Waals surface area (Å²) in [4.78, 5) is 4.22. The number of guanidine groups is 1. The van der Waals surface area contributed by atoms with Crippen LogP contribution in [0.5, 0.6) is 0 Å². The molecular weight excluding hydrogens is 262 g/mol. The highest BCUT2D eigenvalue weighted by atomic mass is 16.5. The third kappa shape index (κ3) is 9.08. The van der Waals surface area contributed by atoms with Crippen molar-refractivity contribution in [2.45, 2.75) is 39.2 Å². The average Bonchev–Trinajstić information content (AvgIpc) is 2.49. The maximum absolute atomic E-state index is 5.50. The van der Waals surface area contributed by atoms with E-state index in [4.69, 9.17) is 4.74 Å². The highest BCUT2D eigenvalue weighted by Gasteiger charge is 1.98. The van der Waals surface area contributed by atoms with Crippen LogP contribution < -0.4 is 10.6 Å². The van der Waals surface area contributed by atoms with Gasteiger partial charge < -0.3 is 15.4 Å². The molecule has 0 aliphatic heterocycles. The van der Waals surface area contributed by atoms with E-state index in [0.717, 1.165) is 44.9 Å². The van der Waals surface area contributed by atoms with Gasteiger partial charge in [0.25, 0.3) is 0 Å². The Balaban J connectivity index is 2.06. The number of nitrogens with zero attached hydrogens (tertiary/aromatic N) is 1. The molecule has 0 aromatic heterocycles. The molecule has 0 spiro atoms. The Morgan fingerprint density at radius 3 is 2.38 bits per heavy atom. The molecule has 1 aromatic carbocycles. The highest BCUT2D eigenvalue weighted by Crippen LogP contribution is 2.01. The second kappa shape index (κ2) is 11.1. The van der Waals surface area contributed by atoms with Crippen molar-refractivity contribution in [3.63, 3.8) is 0 Å². The molecule has 1 aromatic rings. The second-order valence-corrected chi connectivity index (χ2v) is 5.29. The van der Waals surface area contributed by atoms with Crippen molar-refractivity contribution in [2.75, 3.05) is 26.7 Å². The minimum absolute atomic E-state index is 0.306. The summed E-state index contributed by atoms with van der Waals surface area (Å²) >= 11 is 0. The zero-order valence-electron chi connectivity index (χ0n) is 13.6. The monoisotopic (exact) mass is 291 g/mol. The molecule has 2 N–H and O–H groups in total. The number of hydrogen-bond donors (Lipinski definition) is 2. The predicted octanol–water partition coefficient (Wildman–Crippen LogP) is 2.60. The van der Waals surface area contributed by atoms with E-state index in [1.807, 2.05) is 0 Å². The standard InChI is InChI=1S/C17H29N3O/c1-15(2)21-14-8-13-20-17(18-3)19-12-7-11-16-9-5-4-6-10-16/h4-6,9-10,15H,7-8,11-14H2,1-3H3,(H2,18,19,20). The molecule has 0 saturated carbocycles. The minimum atomic E-state index is 0.306. The van der Waals surface area contributed by atoms with E-state index >= 15 is 0 Å². The van der Waals surface area contributed by atoms with Gasteiger partial charge in [-0.2, -0.15) is 0 Å². The van der Waals surface area contributed by atoms with Crippen molar-refractivity contribution in [2.24, 2.45) is 4.99 Å². The molecule has 1 rings (SSSR count). The lowest BCUT2D eigenvalue weighted by molar-refractivity contribution is 0.0776. The maximum Gasteiger partial charge on any atom is 0.190 e. The fraction of sp³-hybridized carbons (Fsp3) is 0.588. The van der Waals surface area contributed by atoms with Crippen LogP contribution in [0, 0.1) is 0 Å². The number of nitrogens with one attached hydrogen (secondary N) is 2. The van der Waals surface area contributed by atoms with Crippen LogP contribution in [0.4, 0.5) is 0 Å². The fourth-order valence-electron chi connectivity index (χ4n) is 1.96. The molecule has 0 unspecified atom stereocenters. The number of rotatable bonds is 9. The van der Waals surface area contributed by atoms with E-state index in [1.54, 1.807) is 7.05 Å². The Bertz CT molecular complexity index is 390. The fourth-order valence-corrected chi connectivity index (χ4v) is 1.96. The summed E-state index contributed by atoms with van der Waals surface area (Å²) in [7, 11) is 1.80. The first kappa shape index (κ1) is 17.5. The molecule has 0 aliphatic carbocycles. The van der Waals surface area contributed by atoms with Crippen LogP contribution in [0.3, 0.4) is 0 Å². The third-order valence-corrected chi connectivity index (χ3v) is 3.07. The molecule has 4 nitrogen and oxygen atoms in total. The zero-order chi connectivity index (χ0) is 15.3. The Hall–Kier alpha value is -1.55. The molecule has 0 aliphatic rings. The number of benzene rings is 1. The first-order valence-electron chi connectivity index (χ1n) is 7.82. The summed E-state index contributed by atoms with van der Waals surface area (Å²) in [6.07, 6.45) is 3.48. The normalized spacial score (nSPS) is 11.7. The SMILES string of the molecule is CN=C(NCCCOC(C)C)NCCCc1ccccc1. The smallest absolute Gasteiger partial charge is 0.190 e. The van der Waals surface area contributed by atoms with Crippen molar-refractivity contribution in [3.8, 4) is 0 Å². The first-order valence-corrected chi connectivity index (χ1v) is 7.82. The van der Waals surface area contributed by atoms with Gasteiger partial charge in [-0.15, -0.1) is 0 Å². The number of aliphatic imine (C=N–C) groups is 1. The van der Waals surface area contributed by atoms with Crippen LogP contribution in [0.2, 0.25) is 0 Å². The van der Waals surface area contributed by atoms with Crippen LogP contribution in [0.1, 0.15) is 32.3 Å². The van der Waals surface area contributed by atoms with Crippen molar-refractivity contribution in [1.82, 2.24) is 10.6 Å². The molecule has 0 saturated heterocycles. The average molecular weight is 291 g/mol. The molecule has 21 heavy (non-hydrogen) atoms. The summed E-state index contributed by atoms with van der Waals surface area (Å²) in [5, 5.41) is 6.64. The van der Waals surface area contributed by atoms with Crippen molar-refractivity contribution in [1.29, 1.82) is 0 Å². The summed E-state index contributed by atoms with van der Waals surface area (Å²) in [5.41, 5.74) is 1.38. The van der Waals surface area contributed by atoms with Crippen LogP contribution in [-0.2, 0) is 11.2 Å². The largest absolute Gasteiger partial charge is 0.379 e. The lowest BCUT2D eigenvalue weighted by atomic mass is 10.1. The van der Waals surface area contributed by atoms with Crippen LogP contribution in [0.15, 0.2) is 35.3 Å². The summed E-state index contributed by atoms with van der Waals surface area (Å²) in [6, 6.07) is 10.6. The third-order valence-electron chi connectivity index (χ3n) is 3.07. The molecule has 0 amide bonds. The lowest BCUT2D eigenvalue weighted by Crippen LogP contribution is -2.38. The van der Waals surface area contributed by atoms with Gasteiger partial charge >= 0.3 is 0 Å². The number of ether oxygens (including phenoxy) is 1. The zero-order valence-corrected chi connectivity index (χ0v) is 13.6. The summed E-state index contributed by atoms with van der Waals surface area (Å²) in [5.74, 6) is 0.868. The Labute approximate surface area is 129 Å². The lowest BCUT2D eigenvalue weighted by Gasteiger charge is -2.12.